The van der Waals surface area contributed by atoms with E-state index in [9.17, 15) is 43.5 Å². The third kappa shape index (κ3) is 71.1. The summed E-state index contributed by atoms with van der Waals surface area (Å²) in [5.41, 5.74) is 0. The van der Waals surface area contributed by atoms with Crippen LogP contribution in [0.1, 0.15) is 290 Å². The Labute approximate surface area is 576 Å². The van der Waals surface area contributed by atoms with Gasteiger partial charge in [-0.1, -0.05) is 277 Å². The van der Waals surface area contributed by atoms with Crippen LogP contribution in [-0.4, -0.2) is 95.9 Å². The van der Waals surface area contributed by atoms with E-state index in [0.29, 0.717) is 19.3 Å². The zero-order valence-electron chi connectivity index (χ0n) is 59.3. The van der Waals surface area contributed by atoms with Crippen molar-refractivity contribution in [2.45, 2.75) is 309 Å². The minimum Gasteiger partial charge on any atom is -0.463 e. The lowest BCUT2D eigenvalue weighted by Gasteiger charge is -2.21. The van der Waals surface area contributed by atoms with Gasteiger partial charge in [0.15, 0.2) is 6.10 Å². The highest BCUT2D eigenvalue weighted by molar-refractivity contribution is 7.47. The number of phosphoric acid groups is 2. The van der Waals surface area contributed by atoms with Gasteiger partial charge in [-0.3, -0.25) is 32.5 Å². The Morgan fingerprint density at radius 2 is 0.558 bits per heavy atom. The minimum absolute atomic E-state index is 0.0981. The Hall–Kier alpha value is -4.05. The predicted molar refractivity (Wildman–Crippen MR) is 390 cm³/mol. The number of hydrogen-bond acceptors (Lipinski definition) is 14. The van der Waals surface area contributed by atoms with Gasteiger partial charge in [-0.25, -0.2) is 9.13 Å². The zero-order chi connectivity index (χ0) is 69.5. The van der Waals surface area contributed by atoms with Gasteiger partial charge in [-0.05, 0) is 116 Å². The van der Waals surface area contributed by atoms with Crippen molar-refractivity contribution >= 4 is 33.6 Å². The summed E-state index contributed by atoms with van der Waals surface area (Å²) in [6.45, 7) is 2.49. The van der Waals surface area contributed by atoms with E-state index in [1.165, 1.54) is 89.9 Å². The Bertz CT molecular complexity index is 2210. The van der Waals surface area contributed by atoms with Gasteiger partial charge in [0.25, 0.3) is 0 Å². The highest BCUT2D eigenvalue weighted by Crippen LogP contribution is 2.45. The number of ether oxygens (including phenoxy) is 3. The molecule has 0 saturated heterocycles. The fourth-order valence-electron chi connectivity index (χ4n) is 9.56. The lowest BCUT2D eigenvalue weighted by Crippen LogP contribution is -2.30. The van der Waals surface area contributed by atoms with Crippen molar-refractivity contribution in [2.24, 2.45) is 0 Å². The van der Waals surface area contributed by atoms with E-state index in [0.717, 1.165) is 141 Å². The van der Waals surface area contributed by atoms with Crippen LogP contribution in [-0.2, 0) is 55.8 Å². The average molecular weight is 1380 g/mol. The van der Waals surface area contributed by atoms with Gasteiger partial charge < -0.3 is 34.2 Å². The molecule has 0 spiro atoms. The summed E-state index contributed by atoms with van der Waals surface area (Å²) in [7, 11) is -9.79. The molecule has 546 valence electrons. The van der Waals surface area contributed by atoms with Crippen molar-refractivity contribution in [2.75, 3.05) is 39.6 Å². The Kier molecular flexibility index (Phi) is 66.9. The molecule has 0 amide bonds. The summed E-state index contributed by atoms with van der Waals surface area (Å²) in [6, 6.07) is 0. The van der Waals surface area contributed by atoms with Crippen LogP contribution in [0.3, 0.4) is 0 Å². The molecule has 0 heterocycles. The van der Waals surface area contributed by atoms with Gasteiger partial charge in [0, 0.05) is 19.3 Å². The maximum absolute atomic E-state index is 12.9. The topological polar surface area (TPSA) is 231 Å². The van der Waals surface area contributed by atoms with Gasteiger partial charge >= 0.3 is 33.6 Å². The molecule has 0 aromatic rings. The number of allylic oxidation sites excluding steroid dienone is 20. The fraction of sp³-hybridized carbons (Fsp3) is 0.701. The first-order chi connectivity index (χ1) is 46.2. The van der Waals surface area contributed by atoms with E-state index in [2.05, 4.69) is 142 Å². The Morgan fingerprint density at radius 3 is 0.905 bits per heavy atom. The maximum atomic E-state index is 12.9. The first-order valence-electron chi connectivity index (χ1n) is 36.8. The SMILES string of the molecule is CC/C=C\C/C=C\C/C=C\C/C=C\C/C=C\C/C=C\CCCCCCC(=O)OCC(COP(=O)(O)OCC(O)COP(=O)(O)OCC(O)COC(=O)CCCCCCCCCCC/C=C\C/C=C\C/C=C\C/C=C\CCCCC)OC(=O)CCCCCCCCCCCCC. The summed E-state index contributed by atoms with van der Waals surface area (Å²) in [4.78, 5) is 58.4. The van der Waals surface area contributed by atoms with Gasteiger partial charge in [-0.15, -0.1) is 0 Å². The van der Waals surface area contributed by atoms with Crippen LogP contribution in [0, 0.1) is 0 Å². The molecule has 4 N–H and O–H groups in total. The van der Waals surface area contributed by atoms with Crippen molar-refractivity contribution in [3.63, 3.8) is 0 Å². The number of carbonyl (C=O) groups excluding carboxylic acids is 3. The van der Waals surface area contributed by atoms with Crippen molar-refractivity contribution < 1.29 is 75.8 Å². The quantitative estimate of drug-likeness (QED) is 0.0146. The zero-order valence-corrected chi connectivity index (χ0v) is 61.1. The smallest absolute Gasteiger partial charge is 0.463 e. The Balaban J connectivity index is 4.56. The van der Waals surface area contributed by atoms with E-state index in [1.54, 1.807) is 0 Å². The molecule has 0 saturated carbocycles. The average Bonchev–Trinajstić information content (AvgIpc) is 3.72. The van der Waals surface area contributed by atoms with Gasteiger partial charge in [0.2, 0.25) is 0 Å². The number of carbonyl (C=O) groups is 3. The van der Waals surface area contributed by atoms with Crippen LogP contribution in [0.15, 0.2) is 122 Å². The molecule has 0 radical (unpaired) electrons. The van der Waals surface area contributed by atoms with Crippen LogP contribution in [0.2, 0.25) is 0 Å². The standard InChI is InChI=1S/C77H132O16P2/c1-4-7-10-13-16-19-22-24-26-28-30-32-34-35-37-39-40-42-44-46-49-51-54-57-60-63-75(80)87-66-72(78)67-89-94(83,84)90-68-73(79)69-91-95(85,86)92-71-74(93-77(82)65-62-59-56-53-48-21-18-15-12-9-6-3)70-88-76(81)64-61-58-55-52-50-47-45-43-41-38-36-33-31-29-27-25-23-20-17-14-11-8-5-2/h8,11,16-17,19-20,24-27,30-33,35,37-38,41,45,47,72-74,78-79H,4-7,9-10,12-15,18,21-23,28-29,34,36,39-40,42-44,46,48-71H2,1-3H3,(H,83,84)(H,85,86)/b11-8-,19-16-,20-17-,26-24-,27-25-,32-30-,33-31-,37-35-,41-38-,47-45-. The molecule has 18 heteroatoms. The predicted octanol–water partition coefficient (Wildman–Crippen LogP) is 21.0. The van der Waals surface area contributed by atoms with Crippen LogP contribution >= 0.6 is 15.6 Å². The second-order valence-corrected chi connectivity index (χ2v) is 27.3. The van der Waals surface area contributed by atoms with Crippen LogP contribution in [0.25, 0.3) is 0 Å². The van der Waals surface area contributed by atoms with E-state index >= 15 is 0 Å². The molecule has 0 aliphatic heterocycles. The molecule has 5 unspecified atom stereocenters. The molecular formula is C77H132O16P2. The van der Waals surface area contributed by atoms with E-state index in [-0.39, 0.29) is 19.3 Å². The number of esters is 3. The molecule has 0 fully saturated rings. The number of phosphoric ester groups is 2. The van der Waals surface area contributed by atoms with Gasteiger partial charge in [0.1, 0.15) is 25.4 Å². The van der Waals surface area contributed by atoms with Crippen molar-refractivity contribution in [1.82, 2.24) is 0 Å². The van der Waals surface area contributed by atoms with E-state index < -0.39 is 91.5 Å². The number of rotatable bonds is 69. The second-order valence-electron chi connectivity index (χ2n) is 24.4. The highest BCUT2D eigenvalue weighted by Gasteiger charge is 2.29. The molecule has 5 atom stereocenters. The summed E-state index contributed by atoms with van der Waals surface area (Å²) in [5.74, 6) is -1.61. The molecule has 0 aromatic heterocycles. The van der Waals surface area contributed by atoms with Crippen LogP contribution < -0.4 is 0 Å². The van der Waals surface area contributed by atoms with Crippen molar-refractivity contribution in [3.05, 3.63) is 122 Å². The number of aliphatic hydroxyl groups is 2. The third-order valence-electron chi connectivity index (χ3n) is 15.2. The summed E-state index contributed by atoms with van der Waals surface area (Å²) in [5, 5.41) is 20.6. The number of hydrogen-bond donors (Lipinski definition) is 4. The van der Waals surface area contributed by atoms with Crippen molar-refractivity contribution in [3.8, 4) is 0 Å². The summed E-state index contributed by atoms with van der Waals surface area (Å²) < 4.78 is 60.9. The number of unbranched alkanes of at least 4 members (excludes halogenated alkanes) is 26. The first kappa shape index (κ1) is 91.0. The molecular weight excluding hydrogens is 1240 g/mol. The minimum atomic E-state index is -4.93. The molecule has 16 nitrogen and oxygen atoms in total. The second kappa shape index (κ2) is 69.8. The monoisotopic (exact) mass is 1370 g/mol. The summed E-state index contributed by atoms with van der Waals surface area (Å²) in [6.07, 6.45) is 81.1. The normalized spacial score (nSPS) is 14.8. The number of aliphatic hydroxyl groups excluding tert-OH is 2. The van der Waals surface area contributed by atoms with Gasteiger partial charge in [0.05, 0.1) is 26.4 Å². The van der Waals surface area contributed by atoms with E-state index in [1.807, 2.05) is 0 Å². The molecule has 0 rings (SSSR count). The first-order valence-corrected chi connectivity index (χ1v) is 39.8. The molecule has 0 aliphatic rings. The van der Waals surface area contributed by atoms with Crippen LogP contribution in [0.4, 0.5) is 0 Å². The summed E-state index contributed by atoms with van der Waals surface area (Å²) >= 11 is 0. The molecule has 0 aliphatic carbocycles. The lowest BCUT2D eigenvalue weighted by molar-refractivity contribution is -0.161. The lowest BCUT2D eigenvalue weighted by atomic mass is 10.1. The van der Waals surface area contributed by atoms with Gasteiger partial charge in [-0.2, -0.15) is 0 Å². The van der Waals surface area contributed by atoms with E-state index in [4.69, 9.17) is 32.3 Å². The molecule has 0 bridgehead atoms. The van der Waals surface area contributed by atoms with Crippen molar-refractivity contribution in [1.29, 1.82) is 0 Å². The largest absolute Gasteiger partial charge is 0.472 e. The molecule has 95 heavy (non-hydrogen) atoms. The Morgan fingerprint density at radius 1 is 0.305 bits per heavy atom. The molecule has 0 aromatic carbocycles. The maximum Gasteiger partial charge on any atom is 0.472 e. The highest BCUT2D eigenvalue weighted by atomic mass is 31.2. The van der Waals surface area contributed by atoms with Crippen LogP contribution in [0.5, 0.6) is 0 Å². The third-order valence-corrected chi connectivity index (χ3v) is 17.1. The fourth-order valence-corrected chi connectivity index (χ4v) is 11.1.